The molecule has 1 heterocycles. The van der Waals surface area contributed by atoms with Gasteiger partial charge in [0.1, 0.15) is 11.6 Å². The van der Waals surface area contributed by atoms with Crippen molar-refractivity contribution in [2.24, 2.45) is 0 Å². The van der Waals surface area contributed by atoms with E-state index in [0.717, 1.165) is 17.3 Å². The molecule has 1 N–H and O–H groups in total. The Labute approximate surface area is 139 Å². The van der Waals surface area contributed by atoms with E-state index in [2.05, 4.69) is 10.5 Å². The van der Waals surface area contributed by atoms with Gasteiger partial charge in [-0.3, -0.25) is 4.79 Å². The standard InChI is InChI=1S/C17H21FN2O4/c1-9(16-10(2)20-24-11(16)3)8-19-17(21)12-6-14(22-4)15(23-5)7-13(12)18/h6-7,9H,8H2,1-5H3,(H,19,21). The Bertz CT molecular complexity index is 723. The average Bonchev–Trinajstić information content (AvgIpc) is 2.90. The summed E-state index contributed by atoms with van der Waals surface area (Å²) in [5.74, 6) is 0.0376. The number of benzene rings is 1. The summed E-state index contributed by atoms with van der Waals surface area (Å²) in [6.45, 7) is 5.94. The van der Waals surface area contributed by atoms with Crippen LogP contribution in [0, 0.1) is 19.7 Å². The molecule has 0 radical (unpaired) electrons. The summed E-state index contributed by atoms with van der Waals surface area (Å²) in [5.41, 5.74) is 1.63. The van der Waals surface area contributed by atoms with Crippen molar-refractivity contribution in [1.29, 1.82) is 0 Å². The van der Waals surface area contributed by atoms with Crippen molar-refractivity contribution in [3.63, 3.8) is 0 Å². The van der Waals surface area contributed by atoms with E-state index in [1.807, 2.05) is 20.8 Å². The van der Waals surface area contributed by atoms with Crippen LogP contribution in [-0.2, 0) is 0 Å². The van der Waals surface area contributed by atoms with Crippen molar-refractivity contribution in [3.8, 4) is 11.5 Å². The molecule has 1 aromatic heterocycles. The van der Waals surface area contributed by atoms with Crippen molar-refractivity contribution in [2.45, 2.75) is 26.7 Å². The second-order valence-corrected chi connectivity index (χ2v) is 5.54. The zero-order valence-electron chi connectivity index (χ0n) is 14.4. The lowest BCUT2D eigenvalue weighted by Gasteiger charge is -2.14. The van der Waals surface area contributed by atoms with Gasteiger partial charge < -0.3 is 19.3 Å². The third-order valence-corrected chi connectivity index (χ3v) is 3.87. The number of rotatable bonds is 6. The van der Waals surface area contributed by atoms with Crippen molar-refractivity contribution in [3.05, 3.63) is 40.5 Å². The maximum Gasteiger partial charge on any atom is 0.254 e. The van der Waals surface area contributed by atoms with Crippen molar-refractivity contribution >= 4 is 5.91 Å². The first-order valence-corrected chi connectivity index (χ1v) is 7.51. The van der Waals surface area contributed by atoms with Crippen LogP contribution in [0.15, 0.2) is 16.7 Å². The normalized spacial score (nSPS) is 11.9. The highest BCUT2D eigenvalue weighted by atomic mass is 19.1. The summed E-state index contributed by atoms with van der Waals surface area (Å²) in [7, 11) is 2.83. The molecule has 0 fully saturated rings. The van der Waals surface area contributed by atoms with Gasteiger partial charge in [-0.15, -0.1) is 0 Å². The number of methoxy groups -OCH3 is 2. The number of aromatic nitrogens is 1. The van der Waals surface area contributed by atoms with Gasteiger partial charge >= 0.3 is 0 Å². The second-order valence-electron chi connectivity index (χ2n) is 5.54. The van der Waals surface area contributed by atoms with Crippen LogP contribution in [0.25, 0.3) is 0 Å². The van der Waals surface area contributed by atoms with Crippen molar-refractivity contribution < 1.29 is 23.2 Å². The van der Waals surface area contributed by atoms with Gasteiger partial charge in [0.15, 0.2) is 11.5 Å². The zero-order valence-corrected chi connectivity index (χ0v) is 14.4. The van der Waals surface area contributed by atoms with Gasteiger partial charge in [0.25, 0.3) is 5.91 Å². The minimum atomic E-state index is -0.671. The van der Waals surface area contributed by atoms with Gasteiger partial charge in [-0.1, -0.05) is 12.1 Å². The quantitative estimate of drug-likeness (QED) is 0.878. The number of nitrogens with one attached hydrogen (secondary N) is 1. The Morgan fingerprint density at radius 3 is 2.46 bits per heavy atom. The third kappa shape index (κ3) is 3.50. The fourth-order valence-corrected chi connectivity index (χ4v) is 2.66. The lowest BCUT2D eigenvalue weighted by Crippen LogP contribution is -2.28. The van der Waals surface area contributed by atoms with E-state index in [-0.39, 0.29) is 17.2 Å². The number of amides is 1. The molecule has 1 aromatic carbocycles. The molecular formula is C17H21FN2O4. The molecule has 6 nitrogen and oxygen atoms in total. The Morgan fingerprint density at radius 2 is 1.92 bits per heavy atom. The number of hydrogen-bond acceptors (Lipinski definition) is 5. The zero-order chi connectivity index (χ0) is 17.9. The Hall–Kier alpha value is -2.57. The Balaban J connectivity index is 2.13. The number of aryl methyl sites for hydroxylation is 2. The Morgan fingerprint density at radius 1 is 1.29 bits per heavy atom. The summed E-state index contributed by atoms with van der Waals surface area (Å²) in [6.07, 6.45) is 0. The number of halogens is 1. The molecule has 0 aliphatic rings. The first kappa shape index (κ1) is 17.8. The van der Waals surface area contributed by atoms with Gasteiger partial charge in [-0.25, -0.2) is 4.39 Å². The van der Waals surface area contributed by atoms with E-state index in [0.29, 0.717) is 18.1 Å². The number of carbonyl (C=O) groups excluding carboxylic acids is 1. The van der Waals surface area contributed by atoms with Gasteiger partial charge in [-0.05, 0) is 19.9 Å². The average molecular weight is 336 g/mol. The molecule has 24 heavy (non-hydrogen) atoms. The molecule has 2 aromatic rings. The predicted molar refractivity (Wildman–Crippen MR) is 86.2 cm³/mol. The number of hydrogen-bond donors (Lipinski definition) is 1. The highest BCUT2D eigenvalue weighted by molar-refractivity contribution is 5.95. The van der Waals surface area contributed by atoms with E-state index in [4.69, 9.17) is 14.0 Å². The molecule has 0 saturated heterocycles. The number of nitrogens with zero attached hydrogens (tertiary/aromatic N) is 1. The fourth-order valence-electron chi connectivity index (χ4n) is 2.66. The number of carbonyl (C=O) groups is 1. The highest BCUT2D eigenvalue weighted by Crippen LogP contribution is 2.30. The molecule has 1 amide bonds. The minimum absolute atomic E-state index is 0.0107. The smallest absolute Gasteiger partial charge is 0.254 e. The van der Waals surface area contributed by atoms with E-state index >= 15 is 0 Å². The first-order valence-electron chi connectivity index (χ1n) is 7.51. The van der Waals surface area contributed by atoms with Crippen molar-refractivity contribution in [2.75, 3.05) is 20.8 Å². The predicted octanol–water partition coefficient (Wildman–Crippen LogP) is 2.98. The summed E-state index contributed by atoms with van der Waals surface area (Å²) >= 11 is 0. The number of ether oxygens (including phenoxy) is 2. The lowest BCUT2D eigenvalue weighted by molar-refractivity contribution is 0.0947. The Kier molecular flexibility index (Phi) is 5.43. The van der Waals surface area contributed by atoms with Crippen LogP contribution in [0.3, 0.4) is 0 Å². The molecule has 0 spiro atoms. The summed E-state index contributed by atoms with van der Waals surface area (Å²) < 4.78 is 29.4. The topological polar surface area (TPSA) is 73.6 Å². The van der Waals surface area contributed by atoms with Gasteiger partial charge in [0.2, 0.25) is 0 Å². The monoisotopic (exact) mass is 336 g/mol. The first-order chi connectivity index (χ1) is 11.4. The molecule has 1 unspecified atom stereocenters. The fraction of sp³-hybridized carbons (Fsp3) is 0.412. The SMILES string of the molecule is COc1cc(F)c(C(=O)NCC(C)c2c(C)noc2C)cc1OC. The molecule has 0 bridgehead atoms. The molecule has 130 valence electrons. The highest BCUT2D eigenvalue weighted by Gasteiger charge is 2.20. The molecule has 1 atom stereocenters. The summed E-state index contributed by atoms with van der Waals surface area (Å²) in [5, 5.41) is 6.63. The minimum Gasteiger partial charge on any atom is -0.493 e. The second kappa shape index (κ2) is 7.33. The van der Waals surface area contributed by atoms with Gasteiger partial charge in [-0.2, -0.15) is 0 Å². The molecule has 0 aliphatic carbocycles. The lowest BCUT2D eigenvalue weighted by atomic mass is 9.99. The van der Waals surface area contributed by atoms with Crippen LogP contribution in [0.5, 0.6) is 11.5 Å². The van der Waals surface area contributed by atoms with E-state index in [1.165, 1.54) is 20.3 Å². The third-order valence-electron chi connectivity index (χ3n) is 3.87. The molecule has 0 saturated carbocycles. The van der Waals surface area contributed by atoms with Crippen LogP contribution < -0.4 is 14.8 Å². The molecular weight excluding hydrogens is 315 g/mol. The maximum absolute atomic E-state index is 14.1. The van der Waals surface area contributed by atoms with Gasteiger partial charge in [0.05, 0.1) is 25.5 Å². The van der Waals surface area contributed by atoms with Crippen LogP contribution in [0.1, 0.15) is 40.2 Å². The molecule has 2 rings (SSSR count). The summed E-state index contributed by atoms with van der Waals surface area (Å²) in [6, 6.07) is 2.45. The van der Waals surface area contributed by atoms with Crippen LogP contribution in [-0.4, -0.2) is 31.8 Å². The summed E-state index contributed by atoms with van der Waals surface area (Å²) in [4.78, 5) is 12.3. The molecule has 0 aliphatic heterocycles. The van der Waals surface area contributed by atoms with Crippen LogP contribution in [0.2, 0.25) is 0 Å². The van der Waals surface area contributed by atoms with Gasteiger partial charge in [0, 0.05) is 24.1 Å². The largest absolute Gasteiger partial charge is 0.493 e. The maximum atomic E-state index is 14.1. The van der Waals surface area contributed by atoms with Crippen LogP contribution in [0.4, 0.5) is 4.39 Å². The van der Waals surface area contributed by atoms with Crippen LogP contribution >= 0.6 is 0 Å². The van der Waals surface area contributed by atoms with E-state index < -0.39 is 11.7 Å². The van der Waals surface area contributed by atoms with E-state index in [1.54, 1.807) is 0 Å². The molecule has 7 heteroatoms. The van der Waals surface area contributed by atoms with E-state index in [9.17, 15) is 9.18 Å². The van der Waals surface area contributed by atoms with Crippen molar-refractivity contribution in [1.82, 2.24) is 10.5 Å².